The van der Waals surface area contributed by atoms with Crippen LogP contribution in [0.15, 0.2) is 60.7 Å². The van der Waals surface area contributed by atoms with E-state index in [1.54, 1.807) is 30.3 Å². The molecule has 0 bridgehead atoms. The minimum Gasteiger partial charge on any atom is -0.494 e. The summed E-state index contributed by atoms with van der Waals surface area (Å²) in [6.07, 6.45) is 14.3. The van der Waals surface area contributed by atoms with Crippen molar-refractivity contribution >= 4 is 35.7 Å². The molecule has 0 saturated heterocycles. The quantitative estimate of drug-likeness (QED) is 0.0655. The van der Waals surface area contributed by atoms with Crippen LogP contribution >= 0.6 is 0 Å². The number of hydrogen-bond acceptors (Lipinski definition) is 7. The molecule has 0 amide bonds. The Balaban J connectivity index is 1.72. The SMILES string of the molecule is CCCCCCCCCCOc1ccc(/C=C/C(=O)Oc2ccc(/C=C/C(=O)OC(C(C)=O)C(C)=O)cc2)cc1. The summed E-state index contributed by atoms with van der Waals surface area (Å²) in [4.78, 5) is 46.8. The van der Waals surface area contributed by atoms with Gasteiger partial charge in [0.15, 0.2) is 11.6 Å². The Morgan fingerprint density at radius 3 is 1.65 bits per heavy atom. The van der Waals surface area contributed by atoms with Crippen molar-refractivity contribution in [3.8, 4) is 11.5 Å². The predicted molar refractivity (Wildman–Crippen MR) is 156 cm³/mol. The first-order valence-electron chi connectivity index (χ1n) is 13.9. The van der Waals surface area contributed by atoms with E-state index in [2.05, 4.69) is 6.92 Å². The van der Waals surface area contributed by atoms with Gasteiger partial charge in [0.1, 0.15) is 11.5 Å². The van der Waals surface area contributed by atoms with Gasteiger partial charge in [0, 0.05) is 12.2 Å². The Hall–Kier alpha value is -4.00. The lowest BCUT2D eigenvalue weighted by Crippen LogP contribution is -2.31. The molecule has 0 N–H and O–H groups in total. The molecule has 2 aromatic carbocycles. The standard InChI is InChI=1S/C33H40O7/c1-4-5-6-7-8-9-10-11-24-38-29-18-12-27(13-19-29)16-22-31(36)39-30-20-14-28(15-21-30)17-23-32(37)40-33(25(2)34)26(3)35/h12-23,33H,4-11,24H2,1-3H3/b22-16+,23-17+. The third kappa shape index (κ3) is 13.2. The maximum absolute atomic E-state index is 12.2. The largest absolute Gasteiger partial charge is 0.494 e. The van der Waals surface area contributed by atoms with Crippen LogP contribution in [0.5, 0.6) is 11.5 Å². The fourth-order valence-electron chi connectivity index (χ4n) is 3.83. The third-order valence-electron chi connectivity index (χ3n) is 6.04. The molecule has 40 heavy (non-hydrogen) atoms. The number of benzene rings is 2. The highest BCUT2D eigenvalue weighted by atomic mass is 16.6. The summed E-state index contributed by atoms with van der Waals surface area (Å²) in [7, 11) is 0. The molecule has 2 rings (SSSR count). The van der Waals surface area contributed by atoms with Crippen molar-refractivity contribution in [3.05, 3.63) is 71.8 Å². The van der Waals surface area contributed by atoms with E-state index in [-0.39, 0.29) is 0 Å². The number of rotatable bonds is 18. The van der Waals surface area contributed by atoms with Crippen LogP contribution in [0.25, 0.3) is 12.2 Å². The minimum atomic E-state index is -1.40. The molecule has 0 aliphatic carbocycles. The van der Waals surface area contributed by atoms with E-state index in [0.717, 1.165) is 23.8 Å². The Labute approximate surface area is 237 Å². The molecule has 0 radical (unpaired) electrons. The topological polar surface area (TPSA) is 96.0 Å². The molecule has 7 heteroatoms. The van der Waals surface area contributed by atoms with Crippen LogP contribution < -0.4 is 9.47 Å². The van der Waals surface area contributed by atoms with Gasteiger partial charge < -0.3 is 14.2 Å². The third-order valence-corrected chi connectivity index (χ3v) is 6.04. The fraction of sp³-hybridized carbons (Fsp3) is 0.394. The Morgan fingerprint density at radius 1 is 0.650 bits per heavy atom. The number of carbonyl (C=O) groups excluding carboxylic acids is 4. The van der Waals surface area contributed by atoms with E-state index >= 15 is 0 Å². The number of esters is 2. The molecule has 0 aliphatic heterocycles. The molecular formula is C33H40O7. The first-order chi connectivity index (χ1) is 19.3. The van der Waals surface area contributed by atoms with Gasteiger partial charge in [-0.1, -0.05) is 76.1 Å². The average molecular weight is 549 g/mol. The Morgan fingerprint density at radius 2 is 1.12 bits per heavy atom. The summed E-state index contributed by atoms with van der Waals surface area (Å²) in [5.41, 5.74) is 1.49. The number of unbranched alkanes of at least 4 members (excludes halogenated alkanes) is 7. The molecule has 0 fully saturated rings. The van der Waals surface area contributed by atoms with Crippen LogP contribution in [0.4, 0.5) is 0 Å². The zero-order valence-electron chi connectivity index (χ0n) is 23.7. The molecule has 0 saturated carbocycles. The first kappa shape index (κ1) is 32.2. The van der Waals surface area contributed by atoms with Gasteiger partial charge in [-0.2, -0.15) is 0 Å². The number of hydrogen-bond donors (Lipinski definition) is 0. The van der Waals surface area contributed by atoms with Gasteiger partial charge in [-0.3, -0.25) is 9.59 Å². The summed E-state index contributed by atoms with van der Waals surface area (Å²) in [6, 6.07) is 14.0. The van der Waals surface area contributed by atoms with E-state index in [1.807, 2.05) is 24.3 Å². The van der Waals surface area contributed by atoms with Gasteiger partial charge in [0.05, 0.1) is 6.61 Å². The Bertz CT molecular complexity index is 1130. The van der Waals surface area contributed by atoms with Gasteiger partial charge >= 0.3 is 11.9 Å². The highest BCUT2D eigenvalue weighted by Gasteiger charge is 2.22. The van der Waals surface area contributed by atoms with Crippen LogP contribution in [0.1, 0.15) is 83.3 Å². The van der Waals surface area contributed by atoms with Crippen LogP contribution in [0, 0.1) is 0 Å². The van der Waals surface area contributed by atoms with Crippen molar-refractivity contribution in [2.75, 3.05) is 6.61 Å². The van der Waals surface area contributed by atoms with Crippen LogP contribution in [0.2, 0.25) is 0 Å². The molecule has 0 aromatic heterocycles. The van der Waals surface area contributed by atoms with Crippen molar-refractivity contribution in [1.29, 1.82) is 0 Å². The van der Waals surface area contributed by atoms with Crippen molar-refractivity contribution in [2.45, 2.75) is 78.2 Å². The molecule has 0 heterocycles. The normalized spacial score (nSPS) is 11.2. The number of ketones is 2. The van der Waals surface area contributed by atoms with Crippen molar-refractivity contribution < 1.29 is 33.4 Å². The summed E-state index contributed by atoms with van der Waals surface area (Å²) in [5.74, 6) is -1.26. The molecule has 0 spiro atoms. The molecule has 214 valence electrons. The minimum absolute atomic E-state index is 0.340. The van der Waals surface area contributed by atoms with E-state index in [9.17, 15) is 19.2 Å². The molecule has 2 aromatic rings. The number of ether oxygens (including phenoxy) is 3. The van der Waals surface area contributed by atoms with E-state index in [0.29, 0.717) is 17.9 Å². The van der Waals surface area contributed by atoms with Gasteiger partial charge in [0.2, 0.25) is 6.10 Å². The fourth-order valence-corrected chi connectivity index (χ4v) is 3.83. The molecular weight excluding hydrogens is 508 g/mol. The maximum Gasteiger partial charge on any atom is 0.336 e. The van der Waals surface area contributed by atoms with Gasteiger partial charge in [-0.25, -0.2) is 9.59 Å². The summed E-state index contributed by atoms with van der Waals surface area (Å²) in [5, 5.41) is 0. The molecule has 0 aliphatic rings. The van der Waals surface area contributed by atoms with E-state index in [1.165, 1.54) is 70.9 Å². The highest BCUT2D eigenvalue weighted by Crippen LogP contribution is 2.16. The van der Waals surface area contributed by atoms with Crippen LogP contribution in [-0.2, 0) is 23.9 Å². The number of Topliss-reactive ketones (excluding diaryl/α,β-unsaturated/α-hetero) is 2. The highest BCUT2D eigenvalue weighted by molar-refractivity contribution is 6.05. The molecule has 7 nitrogen and oxygen atoms in total. The van der Waals surface area contributed by atoms with Crippen LogP contribution in [-0.4, -0.2) is 36.2 Å². The van der Waals surface area contributed by atoms with E-state index < -0.39 is 29.6 Å². The first-order valence-corrected chi connectivity index (χ1v) is 13.9. The van der Waals surface area contributed by atoms with Crippen molar-refractivity contribution in [3.63, 3.8) is 0 Å². The Kier molecular flexibility index (Phi) is 14.8. The summed E-state index contributed by atoms with van der Waals surface area (Å²) in [6.45, 7) is 5.30. The zero-order valence-corrected chi connectivity index (χ0v) is 23.7. The zero-order chi connectivity index (χ0) is 29.2. The second-order valence-corrected chi connectivity index (χ2v) is 9.59. The van der Waals surface area contributed by atoms with E-state index in [4.69, 9.17) is 14.2 Å². The number of carbonyl (C=O) groups is 4. The average Bonchev–Trinajstić information content (AvgIpc) is 2.94. The van der Waals surface area contributed by atoms with Gasteiger partial charge in [-0.15, -0.1) is 0 Å². The lowest BCUT2D eigenvalue weighted by atomic mass is 10.1. The molecule has 0 unspecified atom stereocenters. The summed E-state index contributed by atoms with van der Waals surface area (Å²) < 4.78 is 16.0. The predicted octanol–water partition coefficient (Wildman–Crippen LogP) is 6.93. The molecule has 0 atom stereocenters. The second kappa shape index (κ2) is 18.3. The van der Waals surface area contributed by atoms with Crippen molar-refractivity contribution in [1.82, 2.24) is 0 Å². The van der Waals surface area contributed by atoms with Crippen molar-refractivity contribution in [2.24, 2.45) is 0 Å². The van der Waals surface area contributed by atoms with Gasteiger partial charge in [-0.05, 0) is 67.8 Å². The summed E-state index contributed by atoms with van der Waals surface area (Å²) >= 11 is 0. The monoisotopic (exact) mass is 548 g/mol. The van der Waals surface area contributed by atoms with Crippen LogP contribution in [0.3, 0.4) is 0 Å². The second-order valence-electron chi connectivity index (χ2n) is 9.59. The van der Waals surface area contributed by atoms with Gasteiger partial charge in [0.25, 0.3) is 0 Å². The maximum atomic E-state index is 12.2. The lowest BCUT2D eigenvalue weighted by molar-refractivity contribution is -0.155. The lowest BCUT2D eigenvalue weighted by Gasteiger charge is -2.09. The smallest absolute Gasteiger partial charge is 0.336 e.